The molecule has 4 nitrogen and oxygen atoms in total. The summed E-state index contributed by atoms with van der Waals surface area (Å²) in [5.74, 6) is -0.461. The Bertz CT molecular complexity index is 1450. The Morgan fingerprint density at radius 1 is 0.806 bits per heavy atom. The van der Waals surface area contributed by atoms with Crippen molar-refractivity contribution in [3.05, 3.63) is 106 Å². The van der Waals surface area contributed by atoms with Crippen molar-refractivity contribution in [3.63, 3.8) is 0 Å². The van der Waals surface area contributed by atoms with Crippen LogP contribution in [-0.2, 0) is 0 Å². The number of benzene rings is 2. The number of aromatic nitrogens is 1. The summed E-state index contributed by atoms with van der Waals surface area (Å²) in [5, 5.41) is 28.9. The third-order valence-corrected chi connectivity index (χ3v) is 5.52. The first-order valence-electron chi connectivity index (χ1n) is 9.44. The summed E-state index contributed by atoms with van der Waals surface area (Å²) in [6, 6.07) is 21.7. The molecule has 0 saturated heterocycles. The minimum absolute atomic E-state index is 0.0912. The smallest absolute Gasteiger partial charge is 0.138 e. The summed E-state index contributed by atoms with van der Waals surface area (Å²) in [6.45, 7) is 0. The van der Waals surface area contributed by atoms with Gasteiger partial charge in [-0.3, -0.25) is 4.98 Å². The SMILES string of the molecule is N#CC=C1/C(=C2/c3ccccc3-c3ncccc32)C(=C(C#N)C#N)c2ccc(F)cc21. The number of halogens is 1. The zero-order valence-electron chi connectivity index (χ0n) is 16.0. The second kappa shape index (κ2) is 6.92. The average Bonchev–Trinajstić information content (AvgIpc) is 3.28. The second-order valence-corrected chi connectivity index (χ2v) is 7.05. The van der Waals surface area contributed by atoms with E-state index in [-0.39, 0.29) is 5.57 Å². The van der Waals surface area contributed by atoms with Gasteiger partial charge in [-0.2, -0.15) is 15.8 Å². The molecule has 0 fully saturated rings. The van der Waals surface area contributed by atoms with Gasteiger partial charge in [0, 0.05) is 45.7 Å². The molecule has 0 aliphatic heterocycles. The topological polar surface area (TPSA) is 84.3 Å². The van der Waals surface area contributed by atoms with Crippen molar-refractivity contribution in [1.29, 1.82) is 15.8 Å². The number of fused-ring (bicyclic) bond motifs is 4. The lowest BCUT2D eigenvalue weighted by atomic mass is 9.89. The number of allylic oxidation sites excluding steroid dienone is 5. The lowest BCUT2D eigenvalue weighted by Crippen LogP contribution is -1.94. The minimum atomic E-state index is -0.461. The van der Waals surface area contributed by atoms with E-state index in [0.29, 0.717) is 27.8 Å². The van der Waals surface area contributed by atoms with E-state index in [1.54, 1.807) is 12.3 Å². The predicted molar refractivity (Wildman–Crippen MR) is 114 cm³/mol. The molecule has 5 heteroatoms. The van der Waals surface area contributed by atoms with Crippen LogP contribution in [0.3, 0.4) is 0 Å². The summed E-state index contributed by atoms with van der Waals surface area (Å²) < 4.78 is 14.2. The summed E-state index contributed by atoms with van der Waals surface area (Å²) in [5.41, 5.74) is 6.61. The van der Waals surface area contributed by atoms with Crippen molar-refractivity contribution in [2.75, 3.05) is 0 Å². The maximum Gasteiger partial charge on any atom is 0.138 e. The van der Waals surface area contributed by atoms with Crippen LogP contribution in [0, 0.1) is 39.8 Å². The van der Waals surface area contributed by atoms with Crippen molar-refractivity contribution >= 4 is 16.7 Å². The molecule has 0 bridgehead atoms. The van der Waals surface area contributed by atoms with Crippen LogP contribution < -0.4 is 0 Å². The quantitative estimate of drug-likeness (QED) is 0.370. The van der Waals surface area contributed by atoms with Crippen molar-refractivity contribution < 1.29 is 4.39 Å². The summed E-state index contributed by atoms with van der Waals surface area (Å²) >= 11 is 0. The molecule has 2 aliphatic rings. The van der Waals surface area contributed by atoms with Crippen LogP contribution in [0.1, 0.15) is 22.3 Å². The fourth-order valence-corrected chi connectivity index (χ4v) is 4.38. The number of hydrogen-bond acceptors (Lipinski definition) is 4. The van der Waals surface area contributed by atoms with Gasteiger partial charge in [-0.05, 0) is 34.9 Å². The number of nitrogens with zero attached hydrogens (tertiary/aromatic N) is 4. The van der Waals surface area contributed by atoms with Gasteiger partial charge in [-0.25, -0.2) is 4.39 Å². The molecule has 3 aromatic rings. The lowest BCUT2D eigenvalue weighted by molar-refractivity contribution is 0.627. The number of nitriles is 3. The number of hydrogen-bond donors (Lipinski definition) is 0. The first kappa shape index (κ1) is 18.3. The molecule has 0 saturated carbocycles. The zero-order valence-corrected chi connectivity index (χ0v) is 16.0. The van der Waals surface area contributed by atoms with E-state index in [0.717, 1.165) is 28.0 Å². The summed E-state index contributed by atoms with van der Waals surface area (Å²) in [6.07, 6.45) is 3.05. The van der Waals surface area contributed by atoms with Crippen molar-refractivity contribution in [1.82, 2.24) is 4.98 Å². The molecule has 31 heavy (non-hydrogen) atoms. The second-order valence-electron chi connectivity index (χ2n) is 7.05. The van der Waals surface area contributed by atoms with Gasteiger partial charge >= 0.3 is 0 Å². The third-order valence-electron chi connectivity index (χ3n) is 5.52. The van der Waals surface area contributed by atoms with Gasteiger partial charge in [0.1, 0.15) is 23.5 Å². The minimum Gasteiger partial charge on any atom is -0.256 e. The number of rotatable bonds is 0. The van der Waals surface area contributed by atoms with E-state index < -0.39 is 5.82 Å². The molecule has 0 radical (unpaired) electrons. The van der Waals surface area contributed by atoms with Gasteiger partial charge in [0.25, 0.3) is 0 Å². The van der Waals surface area contributed by atoms with Crippen LogP contribution in [-0.4, -0.2) is 4.98 Å². The maximum absolute atomic E-state index is 14.2. The van der Waals surface area contributed by atoms with Crippen LogP contribution in [0.15, 0.2) is 78.0 Å². The third kappa shape index (κ3) is 2.53. The Kier molecular flexibility index (Phi) is 4.07. The van der Waals surface area contributed by atoms with E-state index in [1.165, 1.54) is 18.2 Å². The molecular formula is C26H11FN4. The van der Waals surface area contributed by atoms with Gasteiger partial charge in [-0.1, -0.05) is 36.4 Å². The Morgan fingerprint density at radius 3 is 2.29 bits per heavy atom. The average molecular weight is 398 g/mol. The Hall–Kier alpha value is -4.79. The lowest BCUT2D eigenvalue weighted by Gasteiger charge is -2.12. The van der Waals surface area contributed by atoms with E-state index in [4.69, 9.17) is 0 Å². The highest BCUT2D eigenvalue weighted by Gasteiger charge is 2.36. The molecule has 0 unspecified atom stereocenters. The highest BCUT2D eigenvalue weighted by atomic mass is 19.1. The van der Waals surface area contributed by atoms with E-state index in [1.807, 2.05) is 54.6 Å². The molecule has 2 aliphatic carbocycles. The standard InChI is InChI=1S/C26H11FN4/c27-16-7-8-18-22(12-16)19(9-10-28)25(23(18)15(13-29)14-30)24-17-4-1-2-5-20(17)26-21(24)6-3-11-31-26/h1-9,11-12H/b19-9?,25-24+. The molecule has 0 amide bonds. The fourth-order valence-electron chi connectivity index (χ4n) is 4.38. The molecule has 2 aromatic carbocycles. The zero-order chi connectivity index (χ0) is 21.5. The molecule has 0 atom stereocenters. The molecule has 1 aromatic heterocycles. The Morgan fingerprint density at radius 2 is 1.55 bits per heavy atom. The Balaban J connectivity index is 2.02. The van der Waals surface area contributed by atoms with Crippen LogP contribution >= 0.6 is 0 Å². The number of pyridine rings is 1. The monoisotopic (exact) mass is 398 g/mol. The maximum atomic E-state index is 14.2. The van der Waals surface area contributed by atoms with Crippen LogP contribution in [0.2, 0.25) is 0 Å². The van der Waals surface area contributed by atoms with E-state index >= 15 is 0 Å². The highest BCUT2D eigenvalue weighted by Crippen LogP contribution is 2.54. The van der Waals surface area contributed by atoms with Crippen molar-refractivity contribution in [2.45, 2.75) is 0 Å². The van der Waals surface area contributed by atoms with Crippen LogP contribution in [0.25, 0.3) is 28.0 Å². The van der Waals surface area contributed by atoms with Gasteiger partial charge in [0.15, 0.2) is 0 Å². The highest BCUT2D eigenvalue weighted by molar-refractivity contribution is 6.20. The fraction of sp³-hybridized carbons (Fsp3) is 0. The van der Waals surface area contributed by atoms with Crippen LogP contribution in [0.5, 0.6) is 0 Å². The van der Waals surface area contributed by atoms with E-state index in [9.17, 15) is 20.2 Å². The van der Waals surface area contributed by atoms with Gasteiger partial charge in [0.2, 0.25) is 0 Å². The first-order chi connectivity index (χ1) is 15.2. The van der Waals surface area contributed by atoms with Gasteiger partial charge in [-0.15, -0.1) is 0 Å². The largest absolute Gasteiger partial charge is 0.256 e. The van der Waals surface area contributed by atoms with Crippen LogP contribution in [0.4, 0.5) is 4.39 Å². The molecular weight excluding hydrogens is 387 g/mol. The molecule has 5 rings (SSSR count). The summed E-state index contributed by atoms with van der Waals surface area (Å²) in [7, 11) is 0. The summed E-state index contributed by atoms with van der Waals surface area (Å²) in [4.78, 5) is 4.54. The molecule has 142 valence electrons. The molecule has 0 spiro atoms. The molecule has 1 heterocycles. The van der Waals surface area contributed by atoms with E-state index in [2.05, 4.69) is 4.98 Å². The Labute approximate surface area is 177 Å². The molecule has 0 N–H and O–H groups in total. The van der Waals surface area contributed by atoms with Gasteiger partial charge in [0.05, 0.1) is 11.8 Å². The first-order valence-corrected chi connectivity index (χ1v) is 9.44. The predicted octanol–water partition coefficient (Wildman–Crippen LogP) is 5.42. The van der Waals surface area contributed by atoms with Crippen molar-refractivity contribution in [2.24, 2.45) is 0 Å². The van der Waals surface area contributed by atoms with Crippen molar-refractivity contribution in [3.8, 4) is 29.5 Å². The van der Waals surface area contributed by atoms with Gasteiger partial charge < -0.3 is 0 Å². The normalized spacial score (nSPS) is 16.7.